The molecule has 7 nitrogen and oxygen atoms in total. The average molecular weight is 469 g/mol. The molecule has 152 valence electrons. The lowest BCUT2D eigenvalue weighted by atomic mass is 10.2. The van der Waals surface area contributed by atoms with Gasteiger partial charge in [-0.1, -0.05) is 46.8 Å². The number of amides is 1. The standard InChI is InChI=1S/C18H17ClN4O3S3/c1-23(2)29(25,26)15-8-6-13(7-9-15)16(24)20-17-21-22-18(28-17)27-11-12-4-3-5-14(19)10-12/h3-10H,11H2,1-2H3,(H,20,21,24). The van der Waals surface area contributed by atoms with E-state index < -0.39 is 10.0 Å². The van der Waals surface area contributed by atoms with Gasteiger partial charge in [-0.05, 0) is 42.0 Å². The molecule has 11 heteroatoms. The molecule has 0 saturated heterocycles. The number of sulfonamides is 1. The summed E-state index contributed by atoms with van der Waals surface area (Å²) in [5, 5.41) is 11.8. The van der Waals surface area contributed by atoms with Crippen molar-refractivity contribution < 1.29 is 13.2 Å². The first-order chi connectivity index (χ1) is 13.8. The third-order valence-electron chi connectivity index (χ3n) is 3.77. The minimum atomic E-state index is -3.54. The maximum Gasteiger partial charge on any atom is 0.257 e. The number of carbonyl (C=O) groups is 1. The van der Waals surface area contributed by atoms with Gasteiger partial charge in [-0.3, -0.25) is 10.1 Å². The van der Waals surface area contributed by atoms with Crippen LogP contribution in [0.4, 0.5) is 5.13 Å². The van der Waals surface area contributed by atoms with Crippen LogP contribution in [-0.4, -0.2) is 42.9 Å². The number of benzene rings is 2. The number of anilines is 1. The highest BCUT2D eigenvalue weighted by atomic mass is 35.5. The Kier molecular flexibility index (Phi) is 6.91. The molecule has 2 aromatic carbocycles. The van der Waals surface area contributed by atoms with Gasteiger partial charge in [0.25, 0.3) is 5.91 Å². The Morgan fingerprint density at radius 2 is 1.90 bits per heavy atom. The molecule has 1 aromatic heterocycles. The van der Waals surface area contributed by atoms with Crippen LogP contribution in [0.15, 0.2) is 57.8 Å². The molecule has 0 atom stereocenters. The van der Waals surface area contributed by atoms with E-state index in [-0.39, 0.29) is 10.8 Å². The predicted molar refractivity (Wildman–Crippen MR) is 116 cm³/mol. The lowest BCUT2D eigenvalue weighted by Crippen LogP contribution is -2.22. The molecule has 0 bridgehead atoms. The molecule has 3 rings (SSSR count). The summed E-state index contributed by atoms with van der Waals surface area (Å²) < 4.78 is 26.0. The van der Waals surface area contributed by atoms with E-state index in [1.165, 1.54) is 61.5 Å². The Hall–Kier alpha value is -1.98. The van der Waals surface area contributed by atoms with Crippen molar-refractivity contribution in [1.82, 2.24) is 14.5 Å². The third kappa shape index (κ3) is 5.55. The van der Waals surface area contributed by atoms with Crippen molar-refractivity contribution in [2.75, 3.05) is 19.4 Å². The van der Waals surface area contributed by atoms with Crippen LogP contribution in [0.2, 0.25) is 5.02 Å². The largest absolute Gasteiger partial charge is 0.296 e. The topological polar surface area (TPSA) is 92.3 Å². The Morgan fingerprint density at radius 1 is 1.17 bits per heavy atom. The van der Waals surface area contributed by atoms with Crippen LogP contribution in [-0.2, 0) is 15.8 Å². The van der Waals surface area contributed by atoms with Crippen LogP contribution in [0.3, 0.4) is 0 Å². The quantitative estimate of drug-likeness (QED) is 0.416. The van der Waals surface area contributed by atoms with Gasteiger partial charge in [-0.2, -0.15) is 0 Å². The lowest BCUT2D eigenvalue weighted by molar-refractivity contribution is 0.102. The monoisotopic (exact) mass is 468 g/mol. The van der Waals surface area contributed by atoms with Crippen molar-refractivity contribution >= 4 is 55.8 Å². The van der Waals surface area contributed by atoms with Gasteiger partial charge in [0.2, 0.25) is 15.2 Å². The number of thioether (sulfide) groups is 1. The molecule has 0 spiro atoms. The van der Waals surface area contributed by atoms with Crippen LogP contribution in [0, 0.1) is 0 Å². The van der Waals surface area contributed by atoms with Gasteiger partial charge >= 0.3 is 0 Å². The molecular weight excluding hydrogens is 452 g/mol. The summed E-state index contributed by atoms with van der Waals surface area (Å²) in [4.78, 5) is 12.5. The maximum absolute atomic E-state index is 12.4. The van der Waals surface area contributed by atoms with E-state index in [0.29, 0.717) is 25.8 Å². The summed E-state index contributed by atoms with van der Waals surface area (Å²) in [6.45, 7) is 0. The molecular formula is C18H17ClN4O3S3. The Balaban J connectivity index is 1.61. The highest BCUT2D eigenvalue weighted by Crippen LogP contribution is 2.29. The normalized spacial score (nSPS) is 11.6. The molecule has 0 fully saturated rings. The van der Waals surface area contributed by atoms with Crippen LogP contribution < -0.4 is 5.32 Å². The van der Waals surface area contributed by atoms with Crippen LogP contribution >= 0.6 is 34.7 Å². The molecule has 0 radical (unpaired) electrons. The third-order valence-corrected chi connectivity index (χ3v) is 7.88. The highest BCUT2D eigenvalue weighted by Gasteiger charge is 2.18. The molecule has 3 aromatic rings. The van der Waals surface area contributed by atoms with Crippen molar-refractivity contribution in [1.29, 1.82) is 0 Å². The maximum atomic E-state index is 12.4. The zero-order chi connectivity index (χ0) is 21.0. The van der Waals surface area contributed by atoms with Crippen molar-refractivity contribution in [3.63, 3.8) is 0 Å². The van der Waals surface area contributed by atoms with Gasteiger partial charge in [0.15, 0.2) is 4.34 Å². The summed E-state index contributed by atoms with van der Waals surface area (Å²) in [5.41, 5.74) is 1.39. The average Bonchev–Trinajstić information content (AvgIpc) is 3.13. The minimum Gasteiger partial charge on any atom is -0.296 e. The number of carbonyl (C=O) groups excluding carboxylic acids is 1. The van der Waals surface area contributed by atoms with E-state index in [1.54, 1.807) is 0 Å². The Morgan fingerprint density at radius 3 is 2.55 bits per heavy atom. The number of hydrogen-bond acceptors (Lipinski definition) is 7. The number of aromatic nitrogens is 2. The molecule has 0 aliphatic carbocycles. The Labute approximate surface area is 182 Å². The zero-order valence-corrected chi connectivity index (χ0v) is 18.7. The summed E-state index contributed by atoms with van der Waals surface area (Å²) in [6.07, 6.45) is 0. The van der Waals surface area contributed by atoms with Crippen molar-refractivity contribution in [3.8, 4) is 0 Å². The second-order valence-electron chi connectivity index (χ2n) is 6.06. The lowest BCUT2D eigenvalue weighted by Gasteiger charge is -2.11. The van der Waals surface area contributed by atoms with E-state index in [4.69, 9.17) is 11.6 Å². The van der Waals surface area contributed by atoms with E-state index in [2.05, 4.69) is 15.5 Å². The van der Waals surface area contributed by atoms with Crippen LogP contribution in [0.5, 0.6) is 0 Å². The van der Waals surface area contributed by atoms with E-state index in [9.17, 15) is 13.2 Å². The molecule has 1 heterocycles. The molecule has 0 saturated carbocycles. The second-order valence-corrected chi connectivity index (χ2v) is 10.8. The van der Waals surface area contributed by atoms with Gasteiger partial charge in [-0.25, -0.2) is 12.7 Å². The second kappa shape index (κ2) is 9.23. The first kappa shape index (κ1) is 21.7. The molecule has 1 amide bonds. The number of halogens is 1. The van der Waals surface area contributed by atoms with Gasteiger partial charge in [0, 0.05) is 30.4 Å². The van der Waals surface area contributed by atoms with Crippen LogP contribution in [0.1, 0.15) is 15.9 Å². The fourth-order valence-electron chi connectivity index (χ4n) is 2.25. The fraction of sp³-hybridized carbons (Fsp3) is 0.167. The van der Waals surface area contributed by atoms with Gasteiger partial charge in [0.05, 0.1) is 4.90 Å². The molecule has 29 heavy (non-hydrogen) atoms. The Bertz CT molecular complexity index is 1120. The number of nitrogens with one attached hydrogen (secondary N) is 1. The summed E-state index contributed by atoms with van der Waals surface area (Å²) in [5.74, 6) is 0.298. The zero-order valence-electron chi connectivity index (χ0n) is 15.5. The van der Waals surface area contributed by atoms with Crippen molar-refractivity contribution in [3.05, 3.63) is 64.7 Å². The fourth-order valence-corrected chi connectivity index (χ4v) is 5.05. The summed E-state index contributed by atoms with van der Waals surface area (Å²) >= 11 is 8.74. The molecule has 0 unspecified atom stereocenters. The smallest absolute Gasteiger partial charge is 0.257 e. The van der Waals surface area contributed by atoms with Crippen molar-refractivity contribution in [2.45, 2.75) is 15.0 Å². The van der Waals surface area contributed by atoms with E-state index in [0.717, 1.165) is 9.87 Å². The van der Waals surface area contributed by atoms with E-state index >= 15 is 0 Å². The first-order valence-corrected chi connectivity index (χ1v) is 11.9. The predicted octanol–water partition coefficient (Wildman–Crippen LogP) is 3.99. The molecule has 1 N–H and O–H groups in total. The number of rotatable bonds is 7. The van der Waals surface area contributed by atoms with Gasteiger partial charge in [0.1, 0.15) is 0 Å². The SMILES string of the molecule is CN(C)S(=O)(=O)c1ccc(C(=O)Nc2nnc(SCc3cccc(Cl)c3)s2)cc1. The summed E-state index contributed by atoms with van der Waals surface area (Å²) in [6, 6.07) is 13.3. The van der Waals surface area contributed by atoms with Crippen molar-refractivity contribution in [2.24, 2.45) is 0 Å². The summed E-state index contributed by atoms with van der Waals surface area (Å²) in [7, 11) is -0.633. The van der Waals surface area contributed by atoms with E-state index in [1.807, 2.05) is 24.3 Å². The highest BCUT2D eigenvalue weighted by molar-refractivity contribution is 8.00. The first-order valence-electron chi connectivity index (χ1n) is 8.30. The van der Waals surface area contributed by atoms with Crippen LogP contribution in [0.25, 0.3) is 0 Å². The molecule has 0 aliphatic rings. The number of nitrogens with zero attached hydrogens (tertiary/aromatic N) is 3. The molecule has 0 aliphatic heterocycles. The minimum absolute atomic E-state index is 0.120. The van der Waals surface area contributed by atoms with Gasteiger partial charge < -0.3 is 0 Å². The number of hydrogen-bond donors (Lipinski definition) is 1. The van der Waals surface area contributed by atoms with Gasteiger partial charge in [-0.15, -0.1) is 10.2 Å².